The van der Waals surface area contributed by atoms with Gasteiger partial charge in [0.15, 0.2) is 6.10 Å². The number of ether oxygens (including phenoxy) is 3. The van der Waals surface area contributed by atoms with Crippen molar-refractivity contribution in [3.63, 3.8) is 0 Å². The topological polar surface area (TPSA) is 78.9 Å². The van der Waals surface area contributed by atoms with Crippen molar-refractivity contribution in [2.75, 3.05) is 13.2 Å². The van der Waals surface area contributed by atoms with E-state index in [0.717, 1.165) is 70.6 Å². The first-order valence-corrected chi connectivity index (χ1v) is 32.3. The molecule has 0 rings (SSSR count). The number of hydrogen-bond acceptors (Lipinski definition) is 6. The van der Waals surface area contributed by atoms with Crippen molar-refractivity contribution in [1.82, 2.24) is 0 Å². The minimum absolute atomic E-state index is 0.0689. The van der Waals surface area contributed by atoms with Crippen LogP contribution in [-0.4, -0.2) is 37.2 Å². The maximum absolute atomic E-state index is 12.9. The summed E-state index contributed by atoms with van der Waals surface area (Å²) in [5.41, 5.74) is 0. The molecule has 0 aromatic heterocycles. The highest BCUT2D eigenvalue weighted by Gasteiger charge is 2.19. The molecule has 0 aliphatic heterocycles. The molecule has 0 N–H and O–H groups in total. The molecule has 72 heavy (non-hydrogen) atoms. The first-order chi connectivity index (χ1) is 35.5. The maximum atomic E-state index is 12.9. The smallest absolute Gasteiger partial charge is 0.306 e. The van der Waals surface area contributed by atoms with Crippen molar-refractivity contribution >= 4 is 17.9 Å². The standard InChI is InChI=1S/C66H124O6/c1-4-7-10-13-16-19-22-24-26-28-30-31-32-33-34-35-37-38-40-42-44-47-50-53-56-59-65(68)71-62-63(61-70-64(67)58-55-52-49-46-21-18-15-12-9-6-3)72-66(69)60-57-54-51-48-45-43-41-39-36-29-27-25-23-20-17-14-11-8-5-2/h12,15,28,30,63H,4-11,13-14,16-27,29,31-62H2,1-3H3/b15-12-,30-28-. The van der Waals surface area contributed by atoms with Crippen LogP contribution in [0.15, 0.2) is 24.3 Å². The van der Waals surface area contributed by atoms with E-state index in [1.54, 1.807) is 0 Å². The third-order valence-electron chi connectivity index (χ3n) is 14.7. The maximum Gasteiger partial charge on any atom is 0.306 e. The molecular formula is C66H124O6. The number of carbonyl (C=O) groups excluding carboxylic acids is 3. The summed E-state index contributed by atoms with van der Waals surface area (Å²) in [4.78, 5) is 38.2. The van der Waals surface area contributed by atoms with E-state index in [9.17, 15) is 14.4 Å². The molecule has 424 valence electrons. The molecule has 0 bridgehead atoms. The van der Waals surface area contributed by atoms with Crippen molar-refractivity contribution < 1.29 is 28.6 Å². The summed E-state index contributed by atoms with van der Waals surface area (Å²) in [7, 11) is 0. The third-order valence-corrected chi connectivity index (χ3v) is 14.7. The zero-order valence-corrected chi connectivity index (χ0v) is 48.7. The summed E-state index contributed by atoms with van der Waals surface area (Å²) in [5.74, 6) is -0.855. The van der Waals surface area contributed by atoms with E-state index >= 15 is 0 Å². The Balaban J connectivity index is 4.17. The molecule has 6 heteroatoms. The Morgan fingerprint density at radius 3 is 0.750 bits per heavy atom. The molecule has 0 aromatic rings. The third kappa shape index (κ3) is 58.8. The molecule has 0 radical (unpaired) electrons. The first kappa shape index (κ1) is 69.9. The second-order valence-electron chi connectivity index (χ2n) is 22.0. The summed E-state index contributed by atoms with van der Waals surface area (Å²) >= 11 is 0. The number of hydrogen-bond donors (Lipinski definition) is 0. The van der Waals surface area contributed by atoms with E-state index in [4.69, 9.17) is 14.2 Å². The predicted octanol–water partition coefficient (Wildman–Crippen LogP) is 21.8. The fraction of sp³-hybridized carbons (Fsp3) is 0.894. The molecule has 0 saturated heterocycles. The van der Waals surface area contributed by atoms with Crippen LogP contribution in [0.5, 0.6) is 0 Å². The lowest BCUT2D eigenvalue weighted by molar-refractivity contribution is -0.167. The van der Waals surface area contributed by atoms with Crippen LogP contribution < -0.4 is 0 Å². The van der Waals surface area contributed by atoms with Crippen molar-refractivity contribution in [2.24, 2.45) is 0 Å². The van der Waals surface area contributed by atoms with E-state index in [2.05, 4.69) is 45.1 Å². The number of unbranched alkanes of at least 4 members (excludes halogenated alkanes) is 45. The SMILES string of the molecule is CCC/C=C\CCCCCCCC(=O)OCC(COC(=O)CCCCCCCCCCCCCCC/C=C\CCCCCCCCCC)OC(=O)CCCCCCCCCCCCCCCCCCCCC. The molecule has 0 amide bonds. The molecule has 6 nitrogen and oxygen atoms in total. The zero-order valence-electron chi connectivity index (χ0n) is 48.7. The summed E-state index contributed by atoms with van der Waals surface area (Å²) in [5, 5.41) is 0. The Morgan fingerprint density at radius 2 is 0.486 bits per heavy atom. The Bertz CT molecular complexity index is 1160. The molecule has 0 aliphatic carbocycles. The van der Waals surface area contributed by atoms with Gasteiger partial charge in [0.2, 0.25) is 0 Å². The molecule has 0 aromatic carbocycles. The Labute approximate surface area is 449 Å². The van der Waals surface area contributed by atoms with Crippen LogP contribution >= 0.6 is 0 Å². The van der Waals surface area contributed by atoms with E-state index in [1.165, 1.54) is 250 Å². The number of rotatable bonds is 60. The number of allylic oxidation sites excluding steroid dienone is 4. The normalized spacial score (nSPS) is 12.1. The Kier molecular flexibility index (Phi) is 59.6. The molecule has 0 heterocycles. The van der Waals surface area contributed by atoms with Gasteiger partial charge in [0.05, 0.1) is 0 Å². The summed E-state index contributed by atoms with van der Waals surface area (Å²) in [6, 6.07) is 0. The highest BCUT2D eigenvalue weighted by atomic mass is 16.6. The van der Waals surface area contributed by atoms with Gasteiger partial charge >= 0.3 is 17.9 Å². The highest BCUT2D eigenvalue weighted by Crippen LogP contribution is 2.18. The lowest BCUT2D eigenvalue weighted by Gasteiger charge is -2.18. The van der Waals surface area contributed by atoms with E-state index in [0.29, 0.717) is 19.3 Å². The molecule has 0 saturated carbocycles. The van der Waals surface area contributed by atoms with Gasteiger partial charge < -0.3 is 14.2 Å². The minimum Gasteiger partial charge on any atom is -0.462 e. The summed E-state index contributed by atoms with van der Waals surface area (Å²) in [6.07, 6.45) is 73.5. The van der Waals surface area contributed by atoms with E-state index in [1.807, 2.05) is 0 Å². The van der Waals surface area contributed by atoms with Crippen LogP contribution in [0, 0.1) is 0 Å². The summed E-state index contributed by atoms with van der Waals surface area (Å²) < 4.78 is 16.9. The van der Waals surface area contributed by atoms with Crippen LogP contribution in [0.1, 0.15) is 361 Å². The van der Waals surface area contributed by atoms with Crippen molar-refractivity contribution in [1.29, 1.82) is 0 Å². The van der Waals surface area contributed by atoms with Crippen LogP contribution in [0.2, 0.25) is 0 Å². The minimum atomic E-state index is -0.770. The van der Waals surface area contributed by atoms with Gasteiger partial charge in [0.25, 0.3) is 0 Å². The molecule has 1 atom stereocenters. The van der Waals surface area contributed by atoms with Gasteiger partial charge in [-0.15, -0.1) is 0 Å². The second-order valence-corrected chi connectivity index (χ2v) is 22.0. The summed E-state index contributed by atoms with van der Waals surface area (Å²) in [6.45, 7) is 6.64. The van der Waals surface area contributed by atoms with Gasteiger partial charge in [-0.1, -0.05) is 302 Å². The van der Waals surface area contributed by atoms with Crippen LogP contribution in [0.3, 0.4) is 0 Å². The predicted molar refractivity (Wildman–Crippen MR) is 312 cm³/mol. The van der Waals surface area contributed by atoms with Crippen molar-refractivity contribution in [2.45, 2.75) is 367 Å². The number of esters is 3. The van der Waals surface area contributed by atoms with Gasteiger partial charge in [-0.2, -0.15) is 0 Å². The fourth-order valence-electron chi connectivity index (χ4n) is 9.80. The van der Waals surface area contributed by atoms with Crippen LogP contribution in [-0.2, 0) is 28.6 Å². The van der Waals surface area contributed by atoms with E-state index in [-0.39, 0.29) is 31.1 Å². The van der Waals surface area contributed by atoms with Crippen molar-refractivity contribution in [3.8, 4) is 0 Å². The monoisotopic (exact) mass is 1010 g/mol. The van der Waals surface area contributed by atoms with Crippen molar-refractivity contribution in [3.05, 3.63) is 24.3 Å². The fourth-order valence-corrected chi connectivity index (χ4v) is 9.80. The van der Waals surface area contributed by atoms with Gasteiger partial charge in [-0.05, 0) is 64.2 Å². The molecule has 0 spiro atoms. The number of carbonyl (C=O) groups is 3. The quantitative estimate of drug-likeness (QED) is 0.0261. The zero-order chi connectivity index (χ0) is 52.2. The Hall–Kier alpha value is -2.11. The lowest BCUT2D eigenvalue weighted by atomic mass is 10.0. The van der Waals surface area contributed by atoms with Gasteiger partial charge in [0, 0.05) is 19.3 Å². The second kappa shape index (κ2) is 61.4. The van der Waals surface area contributed by atoms with Gasteiger partial charge in [-0.25, -0.2) is 0 Å². The average molecular weight is 1010 g/mol. The largest absolute Gasteiger partial charge is 0.462 e. The lowest BCUT2D eigenvalue weighted by Crippen LogP contribution is -2.30. The first-order valence-electron chi connectivity index (χ1n) is 32.3. The molecule has 1 unspecified atom stereocenters. The molecular weight excluding hydrogens is 889 g/mol. The van der Waals surface area contributed by atoms with Gasteiger partial charge in [-0.3, -0.25) is 14.4 Å². The van der Waals surface area contributed by atoms with Gasteiger partial charge in [0.1, 0.15) is 13.2 Å². The Morgan fingerprint density at radius 1 is 0.264 bits per heavy atom. The van der Waals surface area contributed by atoms with Crippen LogP contribution in [0.4, 0.5) is 0 Å². The average Bonchev–Trinajstić information content (AvgIpc) is 3.38. The van der Waals surface area contributed by atoms with Crippen LogP contribution in [0.25, 0.3) is 0 Å². The molecule has 0 fully saturated rings. The van der Waals surface area contributed by atoms with E-state index < -0.39 is 6.10 Å². The highest BCUT2D eigenvalue weighted by molar-refractivity contribution is 5.71. The molecule has 0 aliphatic rings.